The van der Waals surface area contributed by atoms with Crippen molar-refractivity contribution in [1.82, 2.24) is 10.2 Å². The molecule has 1 saturated heterocycles. The molecule has 3 amide bonds. The number of hydrogen-bond donors (Lipinski definition) is 1. The van der Waals surface area contributed by atoms with E-state index in [2.05, 4.69) is 5.32 Å². The van der Waals surface area contributed by atoms with Gasteiger partial charge in [0.25, 0.3) is 5.91 Å². The zero-order chi connectivity index (χ0) is 17.1. The predicted molar refractivity (Wildman–Crippen MR) is 91.7 cm³/mol. The molecule has 4 nitrogen and oxygen atoms in total. The SMILES string of the molecule is CSc1ccc(C=C2NC(=O)N(Cc3ccc(F)cc3)C2=O)cc1. The summed E-state index contributed by atoms with van der Waals surface area (Å²) in [5, 5.41) is 2.58. The first-order chi connectivity index (χ1) is 11.6. The third kappa shape index (κ3) is 3.49. The topological polar surface area (TPSA) is 49.4 Å². The molecule has 0 atom stereocenters. The maximum Gasteiger partial charge on any atom is 0.329 e. The molecule has 1 N–H and O–H groups in total. The van der Waals surface area contributed by atoms with Crippen molar-refractivity contribution in [2.75, 3.05) is 6.26 Å². The molecule has 0 unspecified atom stereocenters. The van der Waals surface area contributed by atoms with Gasteiger partial charge in [-0.3, -0.25) is 9.69 Å². The van der Waals surface area contributed by atoms with Gasteiger partial charge in [-0.2, -0.15) is 0 Å². The van der Waals surface area contributed by atoms with Crippen LogP contribution >= 0.6 is 11.8 Å². The van der Waals surface area contributed by atoms with Gasteiger partial charge in [0.15, 0.2) is 0 Å². The first-order valence-corrected chi connectivity index (χ1v) is 8.52. The van der Waals surface area contributed by atoms with E-state index in [0.717, 1.165) is 15.4 Å². The number of nitrogens with zero attached hydrogens (tertiary/aromatic N) is 1. The molecule has 3 rings (SSSR count). The Morgan fingerprint density at radius 3 is 2.38 bits per heavy atom. The fourth-order valence-corrected chi connectivity index (χ4v) is 2.76. The second-order valence-electron chi connectivity index (χ2n) is 5.28. The second kappa shape index (κ2) is 6.88. The maximum atomic E-state index is 12.9. The summed E-state index contributed by atoms with van der Waals surface area (Å²) in [4.78, 5) is 26.7. The Bertz CT molecular complexity index is 801. The van der Waals surface area contributed by atoms with E-state index in [0.29, 0.717) is 5.56 Å². The van der Waals surface area contributed by atoms with E-state index in [-0.39, 0.29) is 18.1 Å². The van der Waals surface area contributed by atoms with Crippen molar-refractivity contribution >= 4 is 29.8 Å². The third-order valence-corrected chi connectivity index (χ3v) is 4.39. The van der Waals surface area contributed by atoms with Gasteiger partial charge in [0.2, 0.25) is 0 Å². The Morgan fingerprint density at radius 1 is 1.08 bits per heavy atom. The summed E-state index contributed by atoms with van der Waals surface area (Å²) in [6, 6.07) is 12.9. The molecule has 0 aliphatic carbocycles. The summed E-state index contributed by atoms with van der Waals surface area (Å²) >= 11 is 1.63. The van der Waals surface area contributed by atoms with Crippen LogP contribution in [0.25, 0.3) is 6.08 Å². The Morgan fingerprint density at radius 2 is 1.75 bits per heavy atom. The summed E-state index contributed by atoms with van der Waals surface area (Å²) in [6.45, 7) is 0.105. The van der Waals surface area contributed by atoms with Gasteiger partial charge in [-0.25, -0.2) is 9.18 Å². The number of hydrogen-bond acceptors (Lipinski definition) is 3. The molecule has 0 bridgehead atoms. The van der Waals surface area contributed by atoms with E-state index in [9.17, 15) is 14.0 Å². The Balaban J connectivity index is 1.77. The van der Waals surface area contributed by atoms with Gasteiger partial charge in [0, 0.05) is 4.90 Å². The van der Waals surface area contributed by atoms with Crippen LogP contribution in [0.4, 0.5) is 9.18 Å². The van der Waals surface area contributed by atoms with Crippen molar-refractivity contribution < 1.29 is 14.0 Å². The predicted octanol–water partition coefficient (Wildman–Crippen LogP) is 3.64. The summed E-state index contributed by atoms with van der Waals surface area (Å²) in [5.74, 6) is -0.747. The molecule has 24 heavy (non-hydrogen) atoms. The normalized spacial score (nSPS) is 15.9. The lowest BCUT2D eigenvalue weighted by Gasteiger charge is -2.11. The zero-order valence-electron chi connectivity index (χ0n) is 13.0. The number of thioether (sulfide) groups is 1. The summed E-state index contributed by atoms with van der Waals surface area (Å²) < 4.78 is 12.9. The molecule has 2 aromatic carbocycles. The minimum absolute atomic E-state index is 0.105. The third-order valence-electron chi connectivity index (χ3n) is 3.64. The monoisotopic (exact) mass is 342 g/mol. The smallest absolute Gasteiger partial charge is 0.303 e. The van der Waals surface area contributed by atoms with Crippen molar-refractivity contribution in [1.29, 1.82) is 0 Å². The Hall–Kier alpha value is -2.60. The quantitative estimate of drug-likeness (QED) is 0.524. The van der Waals surface area contributed by atoms with Gasteiger partial charge < -0.3 is 5.32 Å². The highest BCUT2D eigenvalue weighted by atomic mass is 32.2. The number of halogens is 1. The van der Waals surface area contributed by atoms with E-state index in [4.69, 9.17) is 0 Å². The highest BCUT2D eigenvalue weighted by molar-refractivity contribution is 7.98. The van der Waals surface area contributed by atoms with Crippen LogP contribution in [0.1, 0.15) is 11.1 Å². The van der Waals surface area contributed by atoms with E-state index < -0.39 is 11.9 Å². The average molecular weight is 342 g/mol. The fourth-order valence-electron chi connectivity index (χ4n) is 2.35. The van der Waals surface area contributed by atoms with E-state index >= 15 is 0 Å². The van der Waals surface area contributed by atoms with Gasteiger partial charge in [0.05, 0.1) is 6.54 Å². The fraction of sp³-hybridized carbons (Fsp3) is 0.111. The average Bonchev–Trinajstić information content (AvgIpc) is 2.85. The van der Waals surface area contributed by atoms with Gasteiger partial charge in [0.1, 0.15) is 11.5 Å². The first-order valence-electron chi connectivity index (χ1n) is 7.30. The van der Waals surface area contributed by atoms with Crippen molar-refractivity contribution in [3.63, 3.8) is 0 Å². The number of nitrogens with one attached hydrogen (secondary N) is 1. The van der Waals surface area contributed by atoms with Crippen molar-refractivity contribution in [3.8, 4) is 0 Å². The highest BCUT2D eigenvalue weighted by Crippen LogP contribution is 2.19. The lowest BCUT2D eigenvalue weighted by molar-refractivity contribution is -0.123. The van der Waals surface area contributed by atoms with Crippen molar-refractivity contribution in [2.45, 2.75) is 11.4 Å². The molecule has 6 heteroatoms. The first kappa shape index (κ1) is 16.3. The highest BCUT2D eigenvalue weighted by Gasteiger charge is 2.33. The molecule has 0 spiro atoms. The zero-order valence-corrected chi connectivity index (χ0v) is 13.8. The number of amides is 3. The van der Waals surface area contributed by atoms with Gasteiger partial charge >= 0.3 is 6.03 Å². The van der Waals surface area contributed by atoms with Crippen LogP contribution < -0.4 is 5.32 Å². The minimum atomic E-state index is -0.476. The van der Waals surface area contributed by atoms with Crippen molar-refractivity contribution in [2.24, 2.45) is 0 Å². The summed E-state index contributed by atoms with van der Waals surface area (Å²) in [7, 11) is 0. The molecule has 0 radical (unpaired) electrons. The minimum Gasteiger partial charge on any atom is -0.303 e. The van der Waals surface area contributed by atoms with E-state index in [1.807, 2.05) is 30.5 Å². The lowest BCUT2D eigenvalue weighted by atomic mass is 10.2. The van der Waals surface area contributed by atoms with Crippen LogP contribution in [0.15, 0.2) is 59.1 Å². The number of imide groups is 1. The van der Waals surface area contributed by atoms with Crippen LogP contribution in [-0.2, 0) is 11.3 Å². The molecule has 2 aromatic rings. The maximum absolute atomic E-state index is 12.9. The Labute approximate surface area is 143 Å². The van der Waals surface area contributed by atoms with E-state index in [1.165, 1.54) is 12.1 Å². The number of carbonyl (C=O) groups excluding carboxylic acids is 2. The molecular weight excluding hydrogens is 327 g/mol. The molecule has 1 heterocycles. The van der Waals surface area contributed by atoms with E-state index in [1.54, 1.807) is 30.0 Å². The molecule has 0 saturated carbocycles. The number of carbonyl (C=O) groups is 2. The van der Waals surface area contributed by atoms with Crippen LogP contribution in [-0.4, -0.2) is 23.1 Å². The standard InChI is InChI=1S/C18H15FN2O2S/c1-24-15-8-4-12(5-9-15)10-16-17(22)21(18(23)20-16)11-13-2-6-14(19)7-3-13/h2-10H,11H2,1H3,(H,20,23). The number of rotatable bonds is 4. The number of benzene rings is 2. The molecule has 0 aromatic heterocycles. The van der Waals surface area contributed by atoms with Crippen LogP contribution in [0, 0.1) is 5.82 Å². The van der Waals surface area contributed by atoms with Crippen LogP contribution in [0.3, 0.4) is 0 Å². The van der Waals surface area contributed by atoms with Crippen molar-refractivity contribution in [3.05, 3.63) is 71.2 Å². The van der Waals surface area contributed by atoms with Crippen LogP contribution in [0.5, 0.6) is 0 Å². The number of urea groups is 1. The lowest BCUT2D eigenvalue weighted by Crippen LogP contribution is -2.30. The summed E-state index contributed by atoms with van der Waals surface area (Å²) in [5.41, 5.74) is 1.75. The molecule has 1 fully saturated rings. The van der Waals surface area contributed by atoms with Crippen LogP contribution in [0.2, 0.25) is 0 Å². The van der Waals surface area contributed by atoms with Gasteiger partial charge in [-0.1, -0.05) is 24.3 Å². The summed E-state index contributed by atoms with van der Waals surface area (Å²) in [6.07, 6.45) is 3.64. The molecule has 1 aliphatic heterocycles. The molecular formula is C18H15FN2O2S. The largest absolute Gasteiger partial charge is 0.329 e. The van der Waals surface area contributed by atoms with Gasteiger partial charge in [-0.05, 0) is 47.7 Å². The Kier molecular flexibility index (Phi) is 4.66. The second-order valence-corrected chi connectivity index (χ2v) is 6.16. The molecule has 122 valence electrons. The van der Waals surface area contributed by atoms with Gasteiger partial charge in [-0.15, -0.1) is 11.8 Å². The molecule has 1 aliphatic rings.